The highest BCUT2D eigenvalue weighted by molar-refractivity contribution is 5.91. The second-order valence-corrected chi connectivity index (χ2v) is 5.69. The molecule has 0 spiro atoms. The standard InChI is InChI=1S/C14H20N2O5/c1-14(2,3)11(13(19)20)16-10(17)6-7-15-12(18)9-5-4-8-21-9/h4-5,8,11H,6-7H2,1-3H3,(H,15,18)(H,16,17)(H,19,20)/t11-/m1/s1. The second kappa shape index (κ2) is 6.92. The number of carbonyl (C=O) groups is 3. The summed E-state index contributed by atoms with van der Waals surface area (Å²) in [7, 11) is 0. The Morgan fingerprint density at radius 2 is 2.00 bits per heavy atom. The maximum absolute atomic E-state index is 11.7. The number of carboxylic acid groups (broad SMARTS) is 1. The number of carbonyl (C=O) groups excluding carboxylic acids is 2. The van der Waals surface area contributed by atoms with Gasteiger partial charge < -0.3 is 20.2 Å². The zero-order valence-electron chi connectivity index (χ0n) is 12.3. The van der Waals surface area contributed by atoms with Gasteiger partial charge in [-0.05, 0) is 17.5 Å². The minimum atomic E-state index is -1.09. The molecule has 1 heterocycles. The first-order valence-electron chi connectivity index (χ1n) is 6.55. The van der Waals surface area contributed by atoms with E-state index in [-0.39, 0.29) is 18.7 Å². The Kier molecular flexibility index (Phi) is 5.52. The molecule has 0 saturated carbocycles. The van der Waals surface area contributed by atoms with Crippen LogP contribution in [0.4, 0.5) is 0 Å². The Bertz CT molecular complexity index is 502. The van der Waals surface area contributed by atoms with Crippen LogP contribution in [-0.4, -0.2) is 35.5 Å². The van der Waals surface area contributed by atoms with Gasteiger partial charge in [-0.2, -0.15) is 0 Å². The third-order valence-corrected chi connectivity index (χ3v) is 2.80. The lowest BCUT2D eigenvalue weighted by atomic mass is 9.86. The van der Waals surface area contributed by atoms with Crippen LogP contribution in [0.2, 0.25) is 0 Å². The van der Waals surface area contributed by atoms with Gasteiger partial charge in [0.15, 0.2) is 5.76 Å². The van der Waals surface area contributed by atoms with E-state index in [1.807, 2.05) is 0 Å². The van der Waals surface area contributed by atoms with Crippen molar-refractivity contribution in [3.63, 3.8) is 0 Å². The Hall–Kier alpha value is -2.31. The molecule has 0 saturated heterocycles. The van der Waals surface area contributed by atoms with Crippen LogP contribution >= 0.6 is 0 Å². The van der Waals surface area contributed by atoms with Gasteiger partial charge in [0.05, 0.1) is 6.26 Å². The first kappa shape index (κ1) is 16.7. The fraction of sp³-hybridized carbons (Fsp3) is 0.500. The number of hydrogen-bond donors (Lipinski definition) is 3. The smallest absolute Gasteiger partial charge is 0.326 e. The van der Waals surface area contributed by atoms with Crippen molar-refractivity contribution < 1.29 is 23.9 Å². The van der Waals surface area contributed by atoms with Crippen molar-refractivity contribution in [3.8, 4) is 0 Å². The molecule has 7 heteroatoms. The fourth-order valence-electron chi connectivity index (χ4n) is 1.67. The van der Waals surface area contributed by atoms with E-state index in [4.69, 9.17) is 9.52 Å². The van der Waals surface area contributed by atoms with Gasteiger partial charge in [-0.15, -0.1) is 0 Å². The zero-order valence-corrected chi connectivity index (χ0v) is 12.3. The molecule has 116 valence electrons. The molecule has 0 fully saturated rings. The van der Waals surface area contributed by atoms with Crippen molar-refractivity contribution in [3.05, 3.63) is 24.2 Å². The molecule has 0 bridgehead atoms. The monoisotopic (exact) mass is 296 g/mol. The van der Waals surface area contributed by atoms with Gasteiger partial charge in [0.2, 0.25) is 5.91 Å². The van der Waals surface area contributed by atoms with Gasteiger partial charge in [-0.1, -0.05) is 20.8 Å². The highest BCUT2D eigenvalue weighted by Gasteiger charge is 2.32. The van der Waals surface area contributed by atoms with E-state index >= 15 is 0 Å². The molecule has 3 N–H and O–H groups in total. The Balaban J connectivity index is 2.40. The predicted molar refractivity (Wildman–Crippen MR) is 74.7 cm³/mol. The quantitative estimate of drug-likeness (QED) is 0.726. The summed E-state index contributed by atoms with van der Waals surface area (Å²) in [6, 6.07) is 2.11. The van der Waals surface area contributed by atoms with Crippen LogP contribution in [0, 0.1) is 5.41 Å². The van der Waals surface area contributed by atoms with Crippen LogP contribution in [0.5, 0.6) is 0 Å². The van der Waals surface area contributed by atoms with E-state index in [1.165, 1.54) is 12.3 Å². The summed E-state index contributed by atoms with van der Waals surface area (Å²) in [5.41, 5.74) is -0.598. The number of rotatable bonds is 6. The van der Waals surface area contributed by atoms with Crippen molar-refractivity contribution >= 4 is 17.8 Å². The number of carboxylic acids is 1. The van der Waals surface area contributed by atoms with Gasteiger partial charge in [0.1, 0.15) is 6.04 Å². The first-order valence-corrected chi connectivity index (χ1v) is 6.55. The van der Waals surface area contributed by atoms with Gasteiger partial charge in [0.25, 0.3) is 5.91 Å². The predicted octanol–water partition coefficient (Wildman–Crippen LogP) is 1.01. The molecule has 7 nitrogen and oxygen atoms in total. The van der Waals surface area contributed by atoms with E-state index in [0.717, 1.165) is 0 Å². The largest absolute Gasteiger partial charge is 0.480 e. The third-order valence-electron chi connectivity index (χ3n) is 2.80. The van der Waals surface area contributed by atoms with Crippen molar-refractivity contribution in [2.75, 3.05) is 6.54 Å². The maximum atomic E-state index is 11.7. The van der Waals surface area contributed by atoms with Crippen LogP contribution in [0.3, 0.4) is 0 Å². The molecule has 1 atom stereocenters. The average molecular weight is 296 g/mol. The summed E-state index contributed by atoms with van der Waals surface area (Å²) in [6.45, 7) is 5.28. The van der Waals surface area contributed by atoms with Gasteiger partial charge >= 0.3 is 5.97 Å². The molecule has 1 aromatic heterocycles. The topological polar surface area (TPSA) is 109 Å². The molecule has 1 aromatic rings. The molecule has 0 aliphatic rings. The van der Waals surface area contributed by atoms with Crippen molar-refractivity contribution in [2.24, 2.45) is 5.41 Å². The lowest BCUT2D eigenvalue weighted by Crippen LogP contribution is -2.49. The Morgan fingerprint density at radius 3 is 2.48 bits per heavy atom. The summed E-state index contributed by atoms with van der Waals surface area (Å²) in [5.74, 6) is -1.78. The SMILES string of the molecule is CC(C)(C)[C@H](NC(=O)CCNC(=O)c1ccco1)C(=O)O. The minimum absolute atomic E-state index is 0.00763. The third kappa shape index (κ3) is 5.29. The summed E-state index contributed by atoms with van der Waals surface area (Å²) < 4.78 is 4.90. The second-order valence-electron chi connectivity index (χ2n) is 5.69. The normalized spacial score (nSPS) is 12.5. The Morgan fingerprint density at radius 1 is 1.33 bits per heavy atom. The molecule has 0 aromatic carbocycles. The summed E-state index contributed by atoms with van der Waals surface area (Å²) in [5, 5.41) is 14.1. The van der Waals surface area contributed by atoms with Gasteiger partial charge in [-0.3, -0.25) is 9.59 Å². The van der Waals surface area contributed by atoms with E-state index in [0.29, 0.717) is 0 Å². The molecule has 21 heavy (non-hydrogen) atoms. The molecule has 0 unspecified atom stereocenters. The van der Waals surface area contributed by atoms with Crippen LogP contribution in [0.25, 0.3) is 0 Å². The molecule has 0 aliphatic heterocycles. The van der Waals surface area contributed by atoms with E-state index in [9.17, 15) is 14.4 Å². The van der Waals surface area contributed by atoms with Crippen LogP contribution < -0.4 is 10.6 Å². The van der Waals surface area contributed by atoms with Crippen LogP contribution in [0.15, 0.2) is 22.8 Å². The number of hydrogen-bond acceptors (Lipinski definition) is 4. The van der Waals surface area contributed by atoms with Crippen LogP contribution in [-0.2, 0) is 9.59 Å². The molecule has 0 radical (unpaired) electrons. The lowest BCUT2D eigenvalue weighted by Gasteiger charge is -2.27. The average Bonchev–Trinajstić information content (AvgIpc) is 2.87. The fourth-order valence-corrected chi connectivity index (χ4v) is 1.67. The van der Waals surface area contributed by atoms with Crippen molar-refractivity contribution in [1.82, 2.24) is 10.6 Å². The number of amides is 2. The zero-order chi connectivity index (χ0) is 16.0. The van der Waals surface area contributed by atoms with Gasteiger partial charge in [-0.25, -0.2) is 4.79 Å². The van der Waals surface area contributed by atoms with Gasteiger partial charge in [0, 0.05) is 13.0 Å². The number of nitrogens with one attached hydrogen (secondary N) is 2. The highest BCUT2D eigenvalue weighted by atomic mass is 16.4. The number of furan rings is 1. The van der Waals surface area contributed by atoms with Crippen molar-refractivity contribution in [2.45, 2.75) is 33.2 Å². The van der Waals surface area contributed by atoms with E-state index in [2.05, 4.69) is 10.6 Å². The van der Waals surface area contributed by atoms with Crippen molar-refractivity contribution in [1.29, 1.82) is 0 Å². The minimum Gasteiger partial charge on any atom is -0.480 e. The molecular weight excluding hydrogens is 276 g/mol. The molecule has 1 rings (SSSR count). The van der Waals surface area contributed by atoms with E-state index < -0.39 is 29.2 Å². The summed E-state index contributed by atoms with van der Waals surface area (Å²) in [4.78, 5) is 34.4. The Labute approximate surface area is 122 Å². The maximum Gasteiger partial charge on any atom is 0.326 e. The van der Waals surface area contributed by atoms with Crippen LogP contribution in [0.1, 0.15) is 37.7 Å². The molecule has 0 aliphatic carbocycles. The van der Waals surface area contributed by atoms with E-state index in [1.54, 1.807) is 26.8 Å². The first-order chi connectivity index (χ1) is 9.71. The molecular formula is C14H20N2O5. The summed E-state index contributed by atoms with van der Waals surface area (Å²) in [6.07, 6.45) is 1.37. The lowest BCUT2D eigenvalue weighted by molar-refractivity contribution is -0.144. The summed E-state index contributed by atoms with van der Waals surface area (Å²) >= 11 is 0. The number of aliphatic carboxylic acids is 1. The highest BCUT2D eigenvalue weighted by Crippen LogP contribution is 2.19. The molecule has 2 amide bonds.